The number of fused-ring (bicyclic) bond motifs is 1. The van der Waals surface area contributed by atoms with Crippen molar-refractivity contribution in [2.24, 2.45) is 0 Å². The van der Waals surface area contributed by atoms with E-state index in [1.807, 2.05) is 26.8 Å². The Balaban J connectivity index is 1.73. The first-order valence-electron chi connectivity index (χ1n) is 10.3. The van der Waals surface area contributed by atoms with Gasteiger partial charge >= 0.3 is 0 Å². The molecule has 30 heavy (non-hydrogen) atoms. The molecule has 0 unspecified atom stereocenters. The van der Waals surface area contributed by atoms with Gasteiger partial charge in [-0.05, 0) is 68.9 Å². The van der Waals surface area contributed by atoms with Crippen LogP contribution >= 0.6 is 0 Å². The van der Waals surface area contributed by atoms with Crippen LogP contribution < -0.4 is 14.4 Å². The van der Waals surface area contributed by atoms with Crippen LogP contribution in [-0.4, -0.2) is 33.2 Å². The molecule has 0 heterocycles. The smallest absolute Gasteiger partial charge is 0.241 e. The van der Waals surface area contributed by atoms with Crippen LogP contribution in [0.5, 0.6) is 5.75 Å². The number of ether oxygens (including phenoxy) is 1. The molecule has 0 saturated heterocycles. The zero-order valence-corrected chi connectivity index (χ0v) is 18.8. The molecule has 0 radical (unpaired) electrons. The molecule has 0 spiro atoms. The number of nitrogens with one attached hydrogen (secondary N) is 1. The SMILES string of the molecule is CC(C)Oc1cccc(N(CC(=O)N[C@@H](C)c2ccc3c(c2)CCC3)S(C)(=O)=O)c1. The lowest BCUT2D eigenvalue weighted by atomic mass is 10.0. The van der Waals surface area contributed by atoms with Gasteiger partial charge in [0.1, 0.15) is 12.3 Å². The Kier molecular flexibility index (Phi) is 6.71. The highest BCUT2D eigenvalue weighted by atomic mass is 32.2. The summed E-state index contributed by atoms with van der Waals surface area (Å²) in [4.78, 5) is 12.7. The molecule has 1 atom stereocenters. The molecule has 2 aromatic carbocycles. The molecule has 0 aliphatic heterocycles. The van der Waals surface area contributed by atoms with Crippen LogP contribution in [0.15, 0.2) is 42.5 Å². The number of hydrogen-bond acceptors (Lipinski definition) is 4. The predicted octanol–water partition coefficient (Wildman–Crippen LogP) is 3.61. The third kappa shape index (κ3) is 5.53. The van der Waals surface area contributed by atoms with Crippen LogP contribution in [0.1, 0.15) is 49.9 Å². The summed E-state index contributed by atoms with van der Waals surface area (Å²) in [5.41, 5.74) is 4.15. The number of carbonyl (C=O) groups is 1. The molecule has 1 N–H and O–H groups in total. The Labute approximate surface area is 179 Å². The Morgan fingerprint density at radius 2 is 1.83 bits per heavy atom. The average Bonchev–Trinajstić information content (AvgIpc) is 3.12. The van der Waals surface area contributed by atoms with Crippen LogP contribution in [0.25, 0.3) is 0 Å². The standard InChI is InChI=1S/C23H30N2O4S/c1-16(2)29-22-10-6-9-21(14-22)25(30(4,27)28)15-23(26)24-17(3)19-12-11-18-7-5-8-20(18)13-19/h6,9-14,16-17H,5,7-8,15H2,1-4H3,(H,24,26)/t17-/m0/s1. The van der Waals surface area contributed by atoms with Gasteiger partial charge in [-0.15, -0.1) is 0 Å². The van der Waals surface area contributed by atoms with Crippen molar-refractivity contribution in [1.29, 1.82) is 0 Å². The maximum absolute atomic E-state index is 12.7. The molecule has 2 aromatic rings. The van der Waals surface area contributed by atoms with Crippen LogP contribution in [0.3, 0.4) is 0 Å². The zero-order chi connectivity index (χ0) is 21.9. The summed E-state index contributed by atoms with van der Waals surface area (Å²) in [5, 5.41) is 2.93. The molecule has 1 amide bonds. The lowest BCUT2D eigenvalue weighted by Gasteiger charge is -2.24. The molecule has 0 fully saturated rings. The maximum Gasteiger partial charge on any atom is 0.241 e. The van der Waals surface area contributed by atoms with E-state index in [9.17, 15) is 13.2 Å². The molecule has 3 rings (SSSR count). The molecule has 0 saturated carbocycles. The van der Waals surface area contributed by atoms with Gasteiger partial charge < -0.3 is 10.1 Å². The van der Waals surface area contributed by atoms with Crippen LogP contribution in [0.4, 0.5) is 5.69 Å². The second-order valence-corrected chi connectivity index (χ2v) is 10.0. The van der Waals surface area contributed by atoms with Crippen LogP contribution in [-0.2, 0) is 27.7 Å². The van der Waals surface area contributed by atoms with Crippen molar-refractivity contribution in [2.45, 2.75) is 52.2 Å². The van der Waals surface area contributed by atoms with E-state index in [4.69, 9.17) is 4.74 Å². The van der Waals surface area contributed by atoms with Gasteiger partial charge in [-0.2, -0.15) is 0 Å². The molecule has 1 aliphatic rings. The molecule has 7 heteroatoms. The second kappa shape index (κ2) is 9.08. The van der Waals surface area contributed by atoms with E-state index in [1.165, 1.54) is 17.5 Å². The van der Waals surface area contributed by atoms with Gasteiger partial charge in [0.25, 0.3) is 0 Å². The quantitative estimate of drug-likeness (QED) is 0.694. The average molecular weight is 431 g/mol. The monoisotopic (exact) mass is 430 g/mol. The summed E-state index contributed by atoms with van der Waals surface area (Å²) in [6, 6.07) is 12.9. The fraction of sp³-hybridized carbons (Fsp3) is 0.435. The Morgan fingerprint density at radius 1 is 1.10 bits per heavy atom. The molecule has 0 bridgehead atoms. The first-order valence-corrected chi connectivity index (χ1v) is 12.1. The highest BCUT2D eigenvalue weighted by Gasteiger charge is 2.23. The van der Waals surface area contributed by atoms with E-state index in [0.29, 0.717) is 11.4 Å². The van der Waals surface area contributed by atoms with Gasteiger partial charge in [-0.3, -0.25) is 9.10 Å². The molecular formula is C23H30N2O4S. The first kappa shape index (κ1) is 22.2. The van der Waals surface area contributed by atoms with Crippen molar-refractivity contribution in [1.82, 2.24) is 5.32 Å². The summed E-state index contributed by atoms with van der Waals surface area (Å²) in [7, 11) is -3.65. The minimum atomic E-state index is -3.65. The fourth-order valence-electron chi connectivity index (χ4n) is 3.75. The highest BCUT2D eigenvalue weighted by Crippen LogP contribution is 2.26. The van der Waals surface area contributed by atoms with Gasteiger partial charge in [0.05, 0.1) is 24.1 Å². The minimum absolute atomic E-state index is 0.0385. The van der Waals surface area contributed by atoms with Crippen LogP contribution in [0.2, 0.25) is 0 Å². The van der Waals surface area contributed by atoms with E-state index in [0.717, 1.165) is 29.0 Å². The van der Waals surface area contributed by atoms with Crippen molar-refractivity contribution in [3.8, 4) is 5.75 Å². The number of anilines is 1. The van der Waals surface area contributed by atoms with Gasteiger partial charge in [-0.1, -0.05) is 24.3 Å². The van der Waals surface area contributed by atoms with Crippen molar-refractivity contribution in [3.05, 3.63) is 59.2 Å². The van der Waals surface area contributed by atoms with E-state index >= 15 is 0 Å². The topological polar surface area (TPSA) is 75.7 Å². The van der Waals surface area contributed by atoms with E-state index in [-0.39, 0.29) is 24.6 Å². The van der Waals surface area contributed by atoms with Gasteiger partial charge in [0.2, 0.25) is 15.9 Å². The number of benzene rings is 2. The van der Waals surface area contributed by atoms with E-state index < -0.39 is 10.0 Å². The number of carbonyl (C=O) groups excluding carboxylic acids is 1. The number of sulfonamides is 1. The molecule has 162 valence electrons. The Morgan fingerprint density at radius 3 is 2.53 bits per heavy atom. The van der Waals surface area contributed by atoms with Crippen molar-refractivity contribution < 1.29 is 17.9 Å². The third-order valence-electron chi connectivity index (χ3n) is 5.16. The van der Waals surface area contributed by atoms with Gasteiger partial charge in [0, 0.05) is 6.07 Å². The molecule has 1 aliphatic carbocycles. The molecule has 6 nitrogen and oxygen atoms in total. The van der Waals surface area contributed by atoms with E-state index in [2.05, 4.69) is 17.4 Å². The second-order valence-electron chi connectivity index (χ2n) is 8.10. The minimum Gasteiger partial charge on any atom is -0.491 e. The van der Waals surface area contributed by atoms with Gasteiger partial charge in [-0.25, -0.2) is 8.42 Å². The number of aryl methyl sites for hydroxylation is 2. The van der Waals surface area contributed by atoms with Crippen LogP contribution in [0, 0.1) is 0 Å². The summed E-state index contributed by atoms with van der Waals surface area (Å²) in [6.07, 6.45) is 4.41. The molecular weight excluding hydrogens is 400 g/mol. The summed E-state index contributed by atoms with van der Waals surface area (Å²) >= 11 is 0. The normalized spacial score (nSPS) is 14.3. The lowest BCUT2D eigenvalue weighted by molar-refractivity contribution is -0.120. The van der Waals surface area contributed by atoms with Crippen molar-refractivity contribution in [2.75, 3.05) is 17.1 Å². The Hall–Kier alpha value is -2.54. The third-order valence-corrected chi connectivity index (χ3v) is 6.31. The van der Waals surface area contributed by atoms with E-state index in [1.54, 1.807) is 24.3 Å². The Bertz CT molecular complexity index is 1020. The molecule has 0 aromatic heterocycles. The number of nitrogens with zero attached hydrogens (tertiary/aromatic N) is 1. The summed E-state index contributed by atoms with van der Waals surface area (Å²) in [6.45, 7) is 5.42. The van der Waals surface area contributed by atoms with Gasteiger partial charge in [0.15, 0.2) is 0 Å². The zero-order valence-electron chi connectivity index (χ0n) is 18.0. The van der Waals surface area contributed by atoms with Crippen molar-refractivity contribution >= 4 is 21.6 Å². The predicted molar refractivity (Wildman–Crippen MR) is 119 cm³/mol. The first-order chi connectivity index (χ1) is 14.1. The summed E-state index contributed by atoms with van der Waals surface area (Å²) in [5.74, 6) is 0.201. The lowest BCUT2D eigenvalue weighted by Crippen LogP contribution is -2.41. The largest absolute Gasteiger partial charge is 0.491 e. The number of amides is 1. The summed E-state index contributed by atoms with van der Waals surface area (Å²) < 4.78 is 31.5. The number of rotatable bonds is 8. The highest BCUT2D eigenvalue weighted by molar-refractivity contribution is 7.92. The maximum atomic E-state index is 12.7. The fourth-order valence-corrected chi connectivity index (χ4v) is 4.59. The van der Waals surface area contributed by atoms with Crippen molar-refractivity contribution in [3.63, 3.8) is 0 Å². The number of hydrogen-bond donors (Lipinski definition) is 1.